The van der Waals surface area contributed by atoms with Gasteiger partial charge in [-0.05, 0) is 38.2 Å². The van der Waals surface area contributed by atoms with Crippen LogP contribution in [-0.4, -0.2) is 58.0 Å². The molecule has 0 saturated carbocycles. The Morgan fingerprint density at radius 1 is 1.04 bits per heavy atom. The summed E-state index contributed by atoms with van der Waals surface area (Å²) in [6.45, 7) is 3.10. The molecule has 2 amide bonds. The fourth-order valence-corrected chi connectivity index (χ4v) is 3.65. The summed E-state index contributed by atoms with van der Waals surface area (Å²) in [6, 6.07) is 3.07. The lowest BCUT2D eigenvalue weighted by molar-refractivity contribution is -0.141. The summed E-state index contributed by atoms with van der Waals surface area (Å²) in [5.41, 5.74) is 0.471. The number of aryl methyl sites for hydroxylation is 1. The molecule has 0 radical (unpaired) electrons. The fourth-order valence-electron chi connectivity index (χ4n) is 3.65. The van der Waals surface area contributed by atoms with Crippen LogP contribution < -0.4 is 5.56 Å². The maximum absolute atomic E-state index is 12.6. The number of H-pyrrole nitrogens is 1. The molecular formula is C18H26N4O3. The van der Waals surface area contributed by atoms with Crippen LogP contribution in [0, 0.1) is 5.92 Å². The van der Waals surface area contributed by atoms with Gasteiger partial charge in [0.05, 0.1) is 5.69 Å². The highest BCUT2D eigenvalue weighted by Crippen LogP contribution is 2.22. The molecule has 0 atom stereocenters. The van der Waals surface area contributed by atoms with E-state index >= 15 is 0 Å². The third kappa shape index (κ3) is 4.67. The predicted octanol–water partition coefficient (Wildman–Crippen LogP) is 0.954. The van der Waals surface area contributed by atoms with Crippen LogP contribution in [-0.2, 0) is 16.0 Å². The first kappa shape index (κ1) is 17.6. The molecule has 1 N–H and O–H groups in total. The van der Waals surface area contributed by atoms with Crippen molar-refractivity contribution in [2.24, 2.45) is 5.92 Å². The molecule has 0 unspecified atom stereocenters. The summed E-state index contributed by atoms with van der Waals surface area (Å²) in [4.78, 5) is 39.7. The minimum atomic E-state index is -0.240. The number of nitrogens with one attached hydrogen (secondary N) is 1. The summed E-state index contributed by atoms with van der Waals surface area (Å²) in [7, 11) is 0. The van der Waals surface area contributed by atoms with Crippen molar-refractivity contribution in [1.29, 1.82) is 0 Å². The Labute approximate surface area is 147 Å². The van der Waals surface area contributed by atoms with E-state index in [2.05, 4.69) is 10.2 Å². The summed E-state index contributed by atoms with van der Waals surface area (Å²) < 4.78 is 0. The van der Waals surface area contributed by atoms with Gasteiger partial charge in [0.15, 0.2) is 0 Å². The van der Waals surface area contributed by atoms with Crippen LogP contribution in [0.15, 0.2) is 16.9 Å². The lowest BCUT2D eigenvalue weighted by Gasteiger charge is -2.35. The Balaban J connectivity index is 1.43. The summed E-state index contributed by atoms with van der Waals surface area (Å²) in [6.07, 6.45) is 5.87. The standard InChI is InChI=1S/C18H26N4O3/c23-16-6-4-15(19-20-16)5-7-17(24)21-12-8-14(9-13-21)18(25)22-10-2-1-3-11-22/h4,6,14H,1-3,5,7-13H2,(H,20,23). The van der Waals surface area contributed by atoms with Gasteiger partial charge in [-0.3, -0.25) is 14.4 Å². The zero-order chi connectivity index (χ0) is 17.6. The molecule has 136 valence electrons. The molecular weight excluding hydrogens is 320 g/mol. The van der Waals surface area contributed by atoms with E-state index < -0.39 is 0 Å². The van der Waals surface area contributed by atoms with E-state index in [0.717, 1.165) is 38.8 Å². The average Bonchev–Trinajstić information content (AvgIpc) is 2.67. The third-order valence-electron chi connectivity index (χ3n) is 5.20. The number of amides is 2. The van der Waals surface area contributed by atoms with Gasteiger partial charge in [0.1, 0.15) is 0 Å². The van der Waals surface area contributed by atoms with Gasteiger partial charge in [-0.1, -0.05) is 0 Å². The van der Waals surface area contributed by atoms with Crippen LogP contribution >= 0.6 is 0 Å². The van der Waals surface area contributed by atoms with Gasteiger partial charge in [0.2, 0.25) is 11.8 Å². The van der Waals surface area contributed by atoms with Crippen molar-refractivity contribution in [3.63, 3.8) is 0 Å². The minimum absolute atomic E-state index is 0.0722. The first-order valence-corrected chi connectivity index (χ1v) is 9.24. The largest absolute Gasteiger partial charge is 0.343 e. The molecule has 0 aromatic carbocycles. The molecule has 0 aliphatic carbocycles. The second-order valence-corrected chi connectivity index (χ2v) is 6.95. The van der Waals surface area contributed by atoms with Crippen LogP contribution in [0.2, 0.25) is 0 Å². The van der Waals surface area contributed by atoms with Crippen LogP contribution in [0.5, 0.6) is 0 Å². The fraction of sp³-hybridized carbons (Fsp3) is 0.667. The average molecular weight is 346 g/mol. The maximum atomic E-state index is 12.6. The number of nitrogens with zero attached hydrogens (tertiary/aromatic N) is 3. The van der Waals surface area contributed by atoms with Crippen LogP contribution in [0.25, 0.3) is 0 Å². The molecule has 1 aromatic rings. The van der Waals surface area contributed by atoms with Gasteiger partial charge in [-0.25, -0.2) is 5.10 Å². The number of piperidine rings is 2. The van der Waals surface area contributed by atoms with Gasteiger partial charge in [0, 0.05) is 51.0 Å². The Morgan fingerprint density at radius 3 is 2.40 bits per heavy atom. The summed E-state index contributed by atoms with van der Waals surface area (Å²) in [5.74, 6) is 0.448. The number of hydrogen-bond donors (Lipinski definition) is 1. The van der Waals surface area contributed by atoms with Crippen molar-refractivity contribution in [3.8, 4) is 0 Å². The number of aromatic amines is 1. The lowest BCUT2D eigenvalue weighted by atomic mass is 9.94. The highest BCUT2D eigenvalue weighted by Gasteiger charge is 2.30. The Morgan fingerprint density at radius 2 is 1.76 bits per heavy atom. The molecule has 0 bridgehead atoms. The molecule has 2 aliphatic heterocycles. The monoisotopic (exact) mass is 346 g/mol. The number of carbonyl (C=O) groups excluding carboxylic acids is 2. The Hall–Kier alpha value is -2.18. The second-order valence-electron chi connectivity index (χ2n) is 6.95. The van der Waals surface area contributed by atoms with Crippen molar-refractivity contribution < 1.29 is 9.59 Å². The number of hydrogen-bond acceptors (Lipinski definition) is 4. The van der Waals surface area contributed by atoms with Crippen molar-refractivity contribution in [2.45, 2.75) is 44.9 Å². The molecule has 2 saturated heterocycles. The smallest absolute Gasteiger partial charge is 0.264 e. The zero-order valence-corrected chi connectivity index (χ0v) is 14.6. The van der Waals surface area contributed by atoms with Gasteiger partial charge >= 0.3 is 0 Å². The van der Waals surface area contributed by atoms with Gasteiger partial charge in [-0.2, -0.15) is 5.10 Å². The Kier molecular flexibility index (Phi) is 5.83. The van der Waals surface area contributed by atoms with Gasteiger partial charge < -0.3 is 9.80 Å². The highest BCUT2D eigenvalue weighted by molar-refractivity contribution is 5.80. The van der Waals surface area contributed by atoms with Gasteiger partial charge in [0.25, 0.3) is 5.56 Å². The van der Waals surface area contributed by atoms with Crippen LogP contribution in [0.1, 0.15) is 44.2 Å². The van der Waals surface area contributed by atoms with Crippen molar-refractivity contribution in [1.82, 2.24) is 20.0 Å². The topological polar surface area (TPSA) is 86.4 Å². The van der Waals surface area contributed by atoms with E-state index in [1.54, 1.807) is 6.07 Å². The SMILES string of the molecule is O=C(CCc1ccc(=O)[nH]n1)N1CCC(C(=O)N2CCCCC2)CC1. The molecule has 2 aliphatic rings. The molecule has 3 heterocycles. The van der Waals surface area contributed by atoms with Crippen molar-refractivity contribution >= 4 is 11.8 Å². The van der Waals surface area contributed by atoms with Crippen LogP contribution in [0.4, 0.5) is 0 Å². The lowest BCUT2D eigenvalue weighted by Crippen LogP contribution is -2.45. The van der Waals surface area contributed by atoms with Gasteiger partial charge in [-0.15, -0.1) is 0 Å². The maximum Gasteiger partial charge on any atom is 0.264 e. The molecule has 0 spiro atoms. The number of aromatic nitrogens is 2. The van der Waals surface area contributed by atoms with E-state index in [0.29, 0.717) is 31.6 Å². The molecule has 2 fully saturated rings. The van der Waals surface area contributed by atoms with Crippen molar-refractivity contribution in [3.05, 3.63) is 28.2 Å². The van der Waals surface area contributed by atoms with E-state index in [9.17, 15) is 14.4 Å². The van der Waals surface area contributed by atoms with E-state index in [1.807, 2.05) is 9.80 Å². The minimum Gasteiger partial charge on any atom is -0.343 e. The normalized spacial score (nSPS) is 19.0. The van der Waals surface area contributed by atoms with E-state index in [1.165, 1.54) is 12.5 Å². The summed E-state index contributed by atoms with van der Waals surface area (Å²) >= 11 is 0. The first-order valence-electron chi connectivity index (χ1n) is 9.24. The number of carbonyl (C=O) groups is 2. The van der Waals surface area contributed by atoms with E-state index in [4.69, 9.17) is 0 Å². The second kappa shape index (κ2) is 8.27. The number of likely N-dealkylation sites (tertiary alicyclic amines) is 2. The molecule has 1 aromatic heterocycles. The van der Waals surface area contributed by atoms with Crippen LogP contribution in [0.3, 0.4) is 0 Å². The zero-order valence-electron chi connectivity index (χ0n) is 14.6. The van der Waals surface area contributed by atoms with Crippen molar-refractivity contribution in [2.75, 3.05) is 26.2 Å². The first-order chi connectivity index (χ1) is 12.1. The summed E-state index contributed by atoms with van der Waals surface area (Å²) in [5, 5.41) is 6.30. The molecule has 7 heteroatoms. The Bertz CT molecular complexity index is 638. The third-order valence-corrected chi connectivity index (χ3v) is 5.20. The predicted molar refractivity (Wildman–Crippen MR) is 92.9 cm³/mol. The molecule has 3 rings (SSSR count). The number of rotatable bonds is 4. The van der Waals surface area contributed by atoms with E-state index in [-0.39, 0.29) is 23.3 Å². The molecule has 7 nitrogen and oxygen atoms in total. The quantitative estimate of drug-likeness (QED) is 0.879. The highest BCUT2D eigenvalue weighted by atomic mass is 16.2. The molecule has 25 heavy (non-hydrogen) atoms.